The molecule has 0 aliphatic rings. The van der Waals surface area contributed by atoms with Crippen molar-refractivity contribution < 1.29 is 9.53 Å². The zero-order valence-electron chi connectivity index (χ0n) is 12.1. The van der Waals surface area contributed by atoms with Crippen LogP contribution in [0.4, 0.5) is 5.69 Å². The number of thiazole rings is 1. The highest BCUT2D eigenvalue weighted by Crippen LogP contribution is 2.30. The van der Waals surface area contributed by atoms with E-state index in [0.29, 0.717) is 11.3 Å². The van der Waals surface area contributed by atoms with Crippen LogP contribution in [0.3, 0.4) is 0 Å². The van der Waals surface area contributed by atoms with Gasteiger partial charge in [-0.3, -0.25) is 4.79 Å². The molecule has 5 heteroatoms. The zero-order chi connectivity index (χ0) is 14.7. The van der Waals surface area contributed by atoms with Gasteiger partial charge in [-0.2, -0.15) is 0 Å². The second-order valence-electron chi connectivity index (χ2n) is 4.63. The number of aryl methyl sites for hydroxylation is 1. The smallest absolute Gasteiger partial charge is 0.165 e. The van der Waals surface area contributed by atoms with Crippen molar-refractivity contribution in [3.8, 4) is 5.75 Å². The molecule has 0 aliphatic carbocycles. The number of Topliss-reactive ketones (excluding diaryl/α,β-unsaturated/α-hetero) is 1. The molecule has 106 valence electrons. The first-order valence-corrected chi connectivity index (χ1v) is 7.20. The van der Waals surface area contributed by atoms with E-state index in [1.165, 1.54) is 4.88 Å². The van der Waals surface area contributed by atoms with Gasteiger partial charge in [-0.05, 0) is 26.0 Å². The number of hydrogen-bond donors (Lipinski definition) is 0. The fraction of sp³-hybridized carbons (Fsp3) is 0.333. The van der Waals surface area contributed by atoms with E-state index in [1.807, 2.05) is 37.7 Å². The van der Waals surface area contributed by atoms with Gasteiger partial charge in [0.15, 0.2) is 5.78 Å². The summed E-state index contributed by atoms with van der Waals surface area (Å²) in [6, 6.07) is 5.65. The predicted octanol–water partition coefficient (Wildman–Crippen LogP) is 3.30. The van der Waals surface area contributed by atoms with Crippen LogP contribution < -0.4 is 9.64 Å². The van der Waals surface area contributed by atoms with Crippen molar-refractivity contribution in [1.29, 1.82) is 0 Å². The summed E-state index contributed by atoms with van der Waals surface area (Å²) in [5.41, 5.74) is 4.38. The van der Waals surface area contributed by atoms with Gasteiger partial charge >= 0.3 is 0 Å². The van der Waals surface area contributed by atoms with E-state index in [-0.39, 0.29) is 5.78 Å². The molecule has 0 saturated carbocycles. The summed E-state index contributed by atoms with van der Waals surface area (Å²) in [6.45, 7) is 4.29. The molecule has 20 heavy (non-hydrogen) atoms. The Kier molecular flexibility index (Phi) is 4.39. The molecule has 0 saturated heterocycles. The topological polar surface area (TPSA) is 42.4 Å². The van der Waals surface area contributed by atoms with Gasteiger partial charge in [-0.1, -0.05) is 6.07 Å². The molecule has 0 bridgehead atoms. The standard InChI is InChI=1S/C15H18N2O2S/c1-10-14(20-9-16-10)8-17(3)12-6-5-7-13(19-4)15(12)11(2)18/h5-7,9H,8H2,1-4H3. The van der Waals surface area contributed by atoms with E-state index in [2.05, 4.69) is 9.88 Å². The van der Waals surface area contributed by atoms with E-state index in [9.17, 15) is 4.79 Å². The van der Waals surface area contributed by atoms with Gasteiger partial charge in [0.2, 0.25) is 0 Å². The highest BCUT2D eigenvalue weighted by atomic mass is 32.1. The number of nitrogens with zero attached hydrogens (tertiary/aromatic N) is 2. The third kappa shape index (κ3) is 2.82. The SMILES string of the molecule is COc1cccc(N(C)Cc2scnc2C)c1C(C)=O. The van der Waals surface area contributed by atoms with Crippen molar-refractivity contribution in [2.24, 2.45) is 0 Å². The summed E-state index contributed by atoms with van der Waals surface area (Å²) in [5.74, 6) is 0.619. The maximum absolute atomic E-state index is 11.9. The van der Waals surface area contributed by atoms with Gasteiger partial charge in [0.05, 0.1) is 36.1 Å². The molecule has 1 aromatic heterocycles. The second-order valence-corrected chi connectivity index (χ2v) is 5.57. The molecule has 0 unspecified atom stereocenters. The van der Waals surface area contributed by atoms with Gasteiger partial charge in [-0.15, -0.1) is 11.3 Å². The van der Waals surface area contributed by atoms with E-state index in [1.54, 1.807) is 25.4 Å². The third-order valence-corrected chi connectivity index (χ3v) is 4.13. The summed E-state index contributed by atoms with van der Waals surface area (Å²) >= 11 is 1.63. The lowest BCUT2D eigenvalue weighted by molar-refractivity contribution is 0.101. The summed E-state index contributed by atoms with van der Waals surface area (Å²) in [7, 11) is 3.55. The molecule has 0 amide bonds. The lowest BCUT2D eigenvalue weighted by atomic mass is 10.1. The molecule has 0 aliphatic heterocycles. The average Bonchev–Trinajstić information content (AvgIpc) is 2.83. The Balaban J connectivity index is 2.37. The first kappa shape index (κ1) is 14.5. The number of ketones is 1. The normalized spacial score (nSPS) is 10.4. The van der Waals surface area contributed by atoms with Gasteiger partial charge in [0.1, 0.15) is 5.75 Å². The van der Waals surface area contributed by atoms with Crippen molar-refractivity contribution >= 4 is 22.8 Å². The van der Waals surface area contributed by atoms with E-state index in [4.69, 9.17) is 4.74 Å². The van der Waals surface area contributed by atoms with Gasteiger partial charge in [0.25, 0.3) is 0 Å². The van der Waals surface area contributed by atoms with Crippen LogP contribution in [-0.4, -0.2) is 24.9 Å². The average molecular weight is 290 g/mol. The molecular formula is C15H18N2O2S. The van der Waals surface area contributed by atoms with Gasteiger partial charge in [-0.25, -0.2) is 4.98 Å². The number of benzene rings is 1. The molecule has 2 rings (SSSR count). The highest BCUT2D eigenvalue weighted by molar-refractivity contribution is 7.09. The predicted molar refractivity (Wildman–Crippen MR) is 82.0 cm³/mol. The maximum Gasteiger partial charge on any atom is 0.165 e. The van der Waals surface area contributed by atoms with Crippen LogP contribution in [-0.2, 0) is 6.54 Å². The Morgan fingerprint density at radius 3 is 2.75 bits per heavy atom. The van der Waals surface area contributed by atoms with Crippen molar-refractivity contribution in [1.82, 2.24) is 4.98 Å². The summed E-state index contributed by atoms with van der Waals surface area (Å²) in [4.78, 5) is 19.4. The number of rotatable bonds is 5. The fourth-order valence-electron chi connectivity index (χ4n) is 2.14. The molecule has 1 heterocycles. The van der Waals surface area contributed by atoms with Crippen molar-refractivity contribution in [2.45, 2.75) is 20.4 Å². The van der Waals surface area contributed by atoms with E-state index >= 15 is 0 Å². The molecule has 2 aromatic rings. The van der Waals surface area contributed by atoms with E-state index < -0.39 is 0 Å². The number of methoxy groups -OCH3 is 1. The molecule has 0 fully saturated rings. The number of carbonyl (C=O) groups is 1. The van der Waals surface area contributed by atoms with Crippen LogP contribution in [0, 0.1) is 6.92 Å². The molecular weight excluding hydrogens is 272 g/mol. The van der Waals surface area contributed by atoms with Crippen LogP contribution in [0.25, 0.3) is 0 Å². The summed E-state index contributed by atoms with van der Waals surface area (Å²) in [6.07, 6.45) is 0. The Labute approximate surface area is 123 Å². The first-order chi connectivity index (χ1) is 9.54. The number of carbonyl (C=O) groups excluding carboxylic acids is 1. The monoisotopic (exact) mass is 290 g/mol. The molecule has 0 radical (unpaired) electrons. The lowest BCUT2D eigenvalue weighted by Crippen LogP contribution is -2.19. The fourth-order valence-corrected chi connectivity index (χ4v) is 2.97. The summed E-state index contributed by atoms with van der Waals surface area (Å²) in [5, 5.41) is 0. The quantitative estimate of drug-likeness (QED) is 0.792. The lowest BCUT2D eigenvalue weighted by Gasteiger charge is -2.22. The van der Waals surface area contributed by atoms with Gasteiger partial charge < -0.3 is 9.64 Å². The maximum atomic E-state index is 11.9. The number of ether oxygens (including phenoxy) is 1. The van der Waals surface area contributed by atoms with Crippen LogP contribution in [0.15, 0.2) is 23.7 Å². The van der Waals surface area contributed by atoms with Crippen LogP contribution in [0.2, 0.25) is 0 Å². The Morgan fingerprint density at radius 1 is 1.45 bits per heavy atom. The number of aromatic nitrogens is 1. The molecule has 4 nitrogen and oxygen atoms in total. The van der Waals surface area contributed by atoms with Crippen LogP contribution in [0.5, 0.6) is 5.75 Å². The highest BCUT2D eigenvalue weighted by Gasteiger charge is 2.17. The third-order valence-electron chi connectivity index (χ3n) is 3.21. The molecule has 1 aromatic carbocycles. The number of hydrogen-bond acceptors (Lipinski definition) is 5. The minimum Gasteiger partial charge on any atom is -0.496 e. The van der Waals surface area contributed by atoms with Crippen molar-refractivity contribution in [3.63, 3.8) is 0 Å². The summed E-state index contributed by atoms with van der Waals surface area (Å²) < 4.78 is 5.30. The Bertz CT molecular complexity index is 622. The largest absolute Gasteiger partial charge is 0.496 e. The van der Waals surface area contributed by atoms with E-state index in [0.717, 1.165) is 17.9 Å². The minimum atomic E-state index is 0.00493. The zero-order valence-corrected chi connectivity index (χ0v) is 13.0. The van der Waals surface area contributed by atoms with Crippen LogP contribution >= 0.6 is 11.3 Å². The van der Waals surface area contributed by atoms with Crippen LogP contribution in [0.1, 0.15) is 27.9 Å². The minimum absolute atomic E-state index is 0.00493. The van der Waals surface area contributed by atoms with Crippen molar-refractivity contribution in [2.75, 3.05) is 19.1 Å². The molecule has 0 N–H and O–H groups in total. The molecule has 0 spiro atoms. The van der Waals surface area contributed by atoms with Gasteiger partial charge in [0, 0.05) is 11.9 Å². The number of anilines is 1. The second kappa shape index (κ2) is 6.05. The first-order valence-electron chi connectivity index (χ1n) is 6.32. The Morgan fingerprint density at radius 2 is 2.20 bits per heavy atom. The van der Waals surface area contributed by atoms with Crippen molar-refractivity contribution in [3.05, 3.63) is 39.8 Å². The molecule has 0 atom stereocenters. The Hall–Kier alpha value is -1.88.